The van der Waals surface area contributed by atoms with Gasteiger partial charge >= 0.3 is 67.3 Å². The second-order valence-electron chi connectivity index (χ2n) is 0.448. The van der Waals surface area contributed by atoms with Crippen LogP contribution < -0.4 is 0 Å². The Bertz CT molecular complexity index is 102. The van der Waals surface area contributed by atoms with Gasteiger partial charge in [0.1, 0.15) is 0 Å². The molecular formula is H4BCaCrO4. The quantitative estimate of drug-likeness (QED) is 0.418. The van der Waals surface area contributed by atoms with Crippen molar-refractivity contribution in [3.8, 4) is 0 Å². The molecule has 7 heteroatoms. The molecule has 7 heavy (non-hydrogen) atoms. The third-order valence-electron chi connectivity index (χ3n) is 0. The molecule has 0 aliphatic carbocycles. The van der Waals surface area contributed by atoms with Gasteiger partial charge in [-0.25, -0.2) is 0 Å². The maximum atomic E-state index is 8.82. The molecule has 39 valence electrons. The first kappa shape index (κ1) is 15.8. The summed E-state index contributed by atoms with van der Waals surface area (Å²) in [5.74, 6) is 0. The molecule has 0 bridgehead atoms. The molecule has 4 nitrogen and oxygen atoms in total. The summed E-state index contributed by atoms with van der Waals surface area (Å²) in [6.07, 6.45) is 0. The summed E-state index contributed by atoms with van der Waals surface area (Å²) >= 11 is -5.25. The Balaban J connectivity index is -0.0000000133. The Morgan fingerprint density at radius 1 is 1.29 bits per heavy atom. The van der Waals surface area contributed by atoms with Crippen LogP contribution in [-0.4, -0.2) is 54.5 Å². The molecule has 2 N–H and O–H groups in total. The molecule has 0 heterocycles. The molecule has 0 aliphatic rings. The number of hydrogen-bond donors (Lipinski definition) is 2. The molecule has 0 atom stereocenters. The van der Waals surface area contributed by atoms with Gasteiger partial charge in [0.05, 0.1) is 0 Å². The van der Waals surface area contributed by atoms with Gasteiger partial charge in [-0.1, -0.05) is 0 Å². The Morgan fingerprint density at radius 2 is 1.29 bits per heavy atom. The van der Waals surface area contributed by atoms with E-state index in [0.717, 1.165) is 0 Å². The zero-order chi connectivity index (χ0) is 4.50. The van der Waals surface area contributed by atoms with Crippen LogP contribution in [-0.2, 0) is 21.2 Å². The summed E-state index contributed by atoms with van der Waals surface area (Å²) < 4.78 is 31.9. The summed E-state index contributed by atoms with van der Waals surface area (Å²) in [7, 11) is 0. The standard InChI is InChI=1S/B.Ca.Cr.2H2O.2O.2H/h;;;2*1H2;;;;/q;2*+2;;;;;2*-1/p-2. The maximum absolute atomic E-state index is 8.82. The van der Waals surface area contributed by atoms with Crippen molar-refractivity contribution in [3.63, 3.8) is 0 Å². The monoisotopic (exact) mass is 171 g/mol. The second-order valence-corrected chi connectivity index (χ2v) is 1.85. The Hall–Kier alpha value is 1.38. The molecule has 0 saturated heterocycles. The summed E-state index contributed by atoms with van der Waals surface area (Å²) in [5, 5.41) is 0. The third kappa shape index (κ3) is 112. The molecule has 0 aromatic rings. The fourth-order valence-electron chi connectivity index (χ4n) is 0. The summed E-state index contributed by atoms with van der Waals surface area (Å²) in [6.45, 7) is 0. The molecular weight excluding hydrogens is 167 g/mol. The number of hydrogen-bond acceptors (Lipinski definition) is 2. The van der Waals surface area contributed by atoms with Crippen molar-refractivity contribution in [3.05, 3.63) is 0 Å². The van der Waals surface area contributed by atoms with Crippen LogP contribution in [0.15, 0.2) is 0 Å². The van der Waals surface area contributed by atoms with E-state index >= 15 is 0 Å². The van der Waals surface area contributed by atoms with E-state index in [-0.39, 0.29) is 49.0 Å². The molecule has 0 aromatic carbocycles. The fourth-order valence-corrected chi connectivity index (χ4v) is 0. The van der Waals surface area contributed by atoms with Gasteiger partial charge in [-0.15, -0.1) is 0 Å². The molecule has 0 aromatic heterocycles. The van der Waals surface area contributed by atoms with Gasteiger partial charge in [0.25, 0.3) is 0 Å². The Morgan fingerprint density at radius 3 is 1.29 bits per heavy atom. The van der Waals surface area contributed by atoms with Crippen LogP contribution >= 0.6 is 0 Å². The van der Waals surface area contributed by atoms with E-state index in [4.69, 9.17) is 15.9 Å². The van der Waals surface area contributed by atoms with Crippen molar-refractivity contribution >= 4 is 46.2 Å². The minimum atomic E-state index is -5.25. The van der Waals surface area contributed by atoms with Crippen molar-refractivity contribution in [2.75, 3.05) is 0 Å². The zero-order valence-electron chi connectivity index (χ0n) is 5.40. The topological polar surface area (TPSA) is 74.6 Å². The van der Waals surface area contributed by atoms with E-state index in [9.17, 15) is 0 Å². The van der Waals surface area contributed by atoms with Gasteiger partial charge in [-0.3, -0.25) is 0 Å². The SMILES string of the molecule is [B].[Ca+2].[H-].[H-].[O]=[Cr](=[O])([OH])[OH]. The molecule has 0 spiro atoms. The average molecular weight is 171 g/mol. The molecule has 3 radical (unpaired) electrons. The minimum absolute atomic E-state index is 0. The summed E-state index contributed by atoms with van der Waals surface area (Å²) in [5.41, 5.74) is 0. The Kier molecular flexibility index (Phi) is 12.4. The van der Waals surface area contributed by atoms with E-state index in [0.29, 0.717) is 0 Å². The van der Waals surface area contributed by atoms with Crippen LogP contribution in [0.3, 0.4) is 0 Å². The van der Waals surface area contributed by atoms with Crippen LogP contribution in [0, 0.1) is 0 Å². The first-order valence-corrected chi connectivity index (χ1v) is 2.88. The molecule has 0 unspecified atom stereocenters. The predicted molar refractivity (Wildman–Crippen MR) is 19.5 cm³/mol. The summed E-state index contributed by atoms with van der Waals surface area (Å²) in [4.78, 5) is 0. The zero-order valence-corrected chi connectivity index (χ0v) is 6.89. The van der Waals surface area contributed by atoms with Crippen molar-refractivity contribution in [2.45, 2.75) is 0 Å². The van der Waals surface area contributed by atoms with E-state index in [1.54, 1.807) is 0 Å². The van der Waals surface area contributed by atoms with Crippen molar-refractivity contribution in [1.29, 1.82) is 0 Å². The fraction of sp³-hybridized carbons (Fsp3) is 0. The molecule has 0 fully saturated rings. The van der Waals surface area contributed by atoms with Gasteiger partial charge in [-0.2, -0.15) is 0 Å². The van der Waals surface area contributed by atoms with Crippen LogP contribution in [0.4, 0.5) is 0 Å². The Labute approximate surface area is 77.8 Å². The van der Waals surface area contributed by atoms with Gasteiger partial charge < -0.3 is 2.85 Å². The second kappa shape index (κ2) is 5.51. The predicted octanol–water partition coefficient (Wildman–Crippen LogP) is -1.89. The third-order valence-corrected chi connectivity index (χ3v) is 0. The van der Waals surface area contributed by atoms with E-state index in [2.05, 4.69) is 0 Å². The first-order chi connectivity index (χ1) is 2.00. The van der Waals surface area contributed by atoms with Gasteiger partial charge in [0.2, 0.25) is 0 Å². The number of rotatable bonds is 0. The van der Waals surface area contributed by atoms with E-state index in [1.807, 2.05) is 0 Å². The average Bonchev–Trinajstić information content (AvgIpc) is 0.722. The van der Waals surface area contributed by atoms with Gasteiger partial charge in [0.15, 0.2) is 0 Å². The van der Waals surface area contributed by atoms with Crippen LogP contribution in [0.25, 0.3) is 0 Å². The summed E-state index contributed by atoms with van der Waals surface area (Å²) in [6, 6.07) is 0. The molecule has 0 amide bonds. The van der Waals surface area contributed by atoms with Crippen LogP contribution in [0.5, 0.6) is 0 Å². The normalized spacial score (nSPS) is 8.29. The van der Waals surface area contributed by atoms with E-state index in [1.165, 1.54) is 0 Å². The molecule has 0 saturated carbocycles. The van der Waals surface area contributed by atoms with Crippen LogP contribution in [0.1, 0.15) is 2.85 Å². The van der Waals surface area contributed by atoms with Crippen molar-refractivity contribution in [1.82, 2.24) is 0 Å². The van der Waals surface area contributed by atoms with Crippen molar-refractivity contribution in [2.24, 2.45) is 0 Å². The van der Waals surface area contributed by atoms with Gasteiger partial charge in [0, 0.05) is 8.41 Å². The molecule has 0 rings (SSSR count). The van der Waals surface area contributed by atoms with Crippen molar-refractivity contribution < 1.29 is 32.4 Å². The first-order valence-electron chi connectivity index (χ1n) is 0.698. The van der Waals surface area contributed by atoms with Gasteiger partial charge in [-0.05, 0) is 0 Å². The van der Waals surface area contributed by atoms with Crippen LogP contribution in [0.2, 0.25) is 0 Å². The molecule has 0 aliphatic heterocycles. The van der Waals surface area contributed by atoms with E-state index < -0.39 is 13.6 Å².